The fourth-order valence-electron chi connectivity index (χ4n) is 1.85. The molecule has 1 saturated heterocycles. The van der Waals surface area contributed by atoms with Gasteiger partial charge in [0.2, 0.25) is 11.8 Å². The summed E-state index contributed by atoms with van der Waals surface area (Å²) in [7, 11) is 0. The van der Waals surface area contributed by atoms with Crippen LogP contribution in [-0.4, -0.2) is 18.2 Å². The molecular formula is C12H10F3NO3. The summed E-state index contributed by atoms with van der Waals surface area (Å²) in [6.45, 7) is 1.63. The SMILES string of the molecule is CC1CC(=O)N(c2ccc(OC(F)(F)F)cc2)C1=O. The lowest BCUT2D eigenvalue weighted by molar-refractivity contribution is -0.274. The lowest BCUT2D eigenvalue weighted by Gasteiger charge is -2.15. The van der Waals surface area contributed by atoms with E-state index in [0.29, 0.717) is 0 Å². The molecule has 2 rings (SSSR count). The molecular weight excluding hydrogens is 263 g/mol. The number of alkyl halides is 3. The van der Waals surface area contributed by atoms with Gasteiger partial charge in [-0.25, -0.2) is 0 Å². The molecule has 1 heterocycles. The van der Waals surface area contributed by atoms with E-state index in [0.717, 1.165) is 17.0 Å². The van der Waals surface area contributed by atoms with Crippen LogP contribution in [0.4, 0.5) is 18.9 Å². The van der Waals surface area contributed by atoms with Gasteiger partial charge in [-0.15, -0.1) is 13.2 Å². The predicted octanol–water partition coefficient (Wildman–Crippen LogP) is 2.48. The van der Waals surface area contributed by atoms with Gasteiger partial charge in [-0.05, 0) is 24.3 Å². The van der Waals surface area contributed by atoms with Crippen molar-refractivity contribution in [3.05, 3.63) is 24.3 Å². The van der Waals surface area contributed by atoms with Crippen LogP contribution in [0.5, 0.6) is 5.75 Å². The number of imide groups is 1. The Bertz CT molecular complexity index is 510. The van der Waals surface area contributed by atoms with Crippen LogP contribution in [-0.2, 0) is 9.59 Å². The van der Waals surface area contributed by atoms with Gasteiger partial charge in [-0.3, -0.25) is 14.5 Å². The van der Waals surface area contributed by atoms with Crippen molar-refractivity contribution in [2.24, 2.45) is 5.92 Å². The lowest BCUT2D eigenvalue weighted by atomic mass is 10.1. The molecule has 1 aromatic carbocycles. The van der Waals surface area contributed by atoms with Gasteiger partial charge in [0.1, 0.15) is 5.75 Å². The van der Waals surface area contributed by atoms with E-state index in [1.807, 2.05) is 0 Å². The van der Waals surface area contributed by atoms with E-state index in [-0.39, 0.29) is 23.9 Å². The standard InChI is InChI=1S/C12H10F3NO3/c1-7-6-10(17)16(11(7)18)8-2-4-9(5-3-8)19-12(13,14)15/h2-5,7H,6H2,1H3. The van der Waals surface area contributed by atoms with E-state index in [1.54, 1.807) is 6.92 Å². The third-order valence-electron chi connectivity index (χ3n) is 2.70. The Labute approximate surface area is 106 Å². The zero-order chi connectivity index (χ0) is 14.2. The van der Waals surface area contributed by atoms with Crippen LogP contribution < -0.4 is 9.64 Å². The molecule has 0 saturated carbocycles. The largest absolute Gasteiger partial charge is 0.573 e. The van der Waals surface area contributed by atoms with E-state index in [9.17, 15) is 22.8 Å². The quantitative estimate of drug-likeness (QED) is 0.778. The Morgan fingerprint density at radius 2 is 1.79 bits per heavy atom. The summed E-state index contributed by atoms with van der Waals surface area (Å²) in [5, 5.41) is 0. The van der Waals surface area contributed by atoms with Gasteiger partial charge in [0, 0.05) is 12.3 Å². The highest BCUT2D eigenvalue weighted by Gasteiger charge is 2.36. The monoisotopic (exact) mass is 273 g/mol. The number of hydrogen-bond donors (Lipinski definition) is 0. The fourth-order valence-corrected chi connectivity index (χ4v) is 1.85. The number of nitrogens with zero attached hydrogens (tertiary/aromatic N) is 1. The number of carbonyl (C=O) groups excluding carboxylic acids is 2. The van der Waals surface area contributed by atoms with Gasteiger partial charge < -0.3 is 4.74 Å². The molecule has 0 aromatic heterocycles. The molecule has 1 atom stereocenters. The van der Waals surface area contributed by atoms with E-state index in [1.165, 1.54) is 12.1 Å². The fraction of sp³-hybridized carbons (Fsp3) is 0.333. The highest BCUT2D eigenvalue weighted by Crippen LogP contribution is 2.29. The second kappa shape index (κ2) is 4.56. The van der Waals surface area contributed by atoms with Crippen molar-refractivity contribution >= 4 is 17.5 Å². The van der Waals surface area contributed by atoms with Crippen molar-refractivity contribution in [2.75, 3.05) is 4.90 Å². The Balaban J connectivity index is 2.19. The van der Waals surface area contributed by atoms with Crippen molar-refractivity contribution in [3.8, 4) is 5.75 Å². The molecule has 1 fully saturated rings. The van der Waals surface area contributed by atoms with E-state index in [4.69, 9.17) is 0 Å². The first-order chi connectivity index (χ1) is 8.78. The molecule has 0 radical (unpaired) electrons. The van der Waals surface area contributed by atoms with Gasteiger partial charge in [-0.2, -0.15) is 0 Å². The number of benzene rings is 1. The smallest absolute Gasteiger partial charge is 0.406 e. The van der Waals surface area contributed by atoms with Crippen LogP contribution in [0.2, 0.25) is 0 Å². The molecule has 1 aliphatic heterocycles. The van der Waals surface area contributed by atoms with Crippen LogP contribution in [0.15, 0.2) is 24.3 Å². The number of ether oxygens (including phenoxy) is 1. The molecule has 4 nitrogen and oxygen atoms in total. The molecule has 1 aromatic rings. The summed E-state index contributed by atoms with van der Waals surface area (Å²) in [6.07, 6.45) is -4.66. The van der Waals surface area contributed by atoms with Crippen LogP contribution in [0.3, 0.4) is 0 Å². The number of rotatable bonds is 2. The number of anilines is 1. The zero-order valence-electron chi connectivity index (χ0n) is 9.90. The summed E-state index contributed by atoms with van der Waals surface area (Å²) in [5.41, 5.74) is 0.244. The van der Waals surface area contributed by atoms with Gasteiger partial charge in [0.15, 0.2) is 0 Å². The predicted molar refractivity (Wildman–Crippen MR) is 59.4 cm³/mol. The Morgan fingerprint density at radius 3 is 2.21 bits per heavy atom. The minimum Gasteiger partial charge on any atom is -0.406 e. The van der Waals surface area contributed by atoms with Gasteiger partial charge in [0.25, 0.3) is 0 Å². The van der Waals surface area contributed by atoms with E-state index >= 15 is 0 Å². The molecule has 102 valence electrons. The van der Waals surface area contributed by atoms with Gasteiger partial charge >= 0.3 is 6.36 Å². The van der Waals surface area contributed by atoms with Crippen molar-refractivity contribution in [1.29, 1.82) is 0 Å². The minimum absolute atomic E-state index is 0.111. The third kappa shape index (κ3) is 2.86. The lowest BCUT2D eigenvalue weighted by Crippen LogP contribution is -2.29. The average molecular weight is 273 g/mol. The van der Waals surface area contributed by atoms with Crippen molar-refractivity contribution in [1.82, 2.24) is 0 Å². The maximum atomic E-state index is 12.0. The molecule has 1 aliphatic rings. The Kier molecular flexibility index (Phi) is 3.21. The number of halogens is 3. The highest BCUT2D eigenvalue weighted by atomic mass is 19.4. The van der Waals surface area contributed by atoms with Crippen LogP contribution in [0.25, 0.3) is 0 Å². The maximum absolute atomic E-state index is 12.0. The molecule has 0 N–H and O–H groups in total. The van der Waals surface area contributed by atoms with Crippen molar-refractivity contribution in [2.45, 2.75) is 19.7 Å². The highest BCUT2D eigenvalue weighted by molar-refractivity contribution is 6.20. The summed E-state index contributed by atoms with van der Waals surface area (Å²) in [4.78, 5) is 24.3. The van der Waals surface area contributed by atoms with Crippen LogP contribution in [0, 0.1) is 5.92 Å². The zero-order valence-corrected chi connectivity index (χ0v) is 9.90. The summed E-state index contributed by atoms with van der Waals surface area (Å²) >= 11 is 0. The first-order valence-corrected chi connectivity index (χ1v) is 5.50. The normalized spacial score (nSPS) is 20.0. The molecule has 0 bridgehead atoms. The number of amides is 2. The second-order valence-electron chi connectivity index (χ2n) is 4.21. The third-order valence-corrected chi connectivity index (χ3v) is 2.70. The molecule has 0 spiro atoms. The molecule has 1 unspecified atom stereocenters. The first kappa shape index (κ1) is 13.4. The van der Waals surface area contributed by atoms with E-state index < -0.39 is 18.0 Å². The average Bonchev–Trinajstić information content (AvgIpc) is 2.53. The van der Waals surface area contributed by atoms with Crippen LogP contribution >= 0.6 is 0 Å². The summed E-state index contributed by atoms with van der Waals surface area (Å²) in [5.74, 6) is -1.52. The first-order valence-electron chi connectivity index (χ1n) is 5.50. The summed E-state index contributed by atoms with van der Waals surface area (Å²) in [6, 6.07) is 4.61. The molecule has 2 amide bonds. The number of carbonyl (C=O) groups is 2. The molecule has 19 heavy (non-hydrogen) atoms. The second-order valence-corrected chi connectivity index (χ2v) is 4.21. The maximum Gasteiger partial charge on any atom is 0.573 e. The summed E-state index contributed by atoms with van der Waals surface area (Å²) < 4.78 is 39.6. The minimum atomic E-state index is -4.77. The van der Waals surface area contributed by atoms with Gasteiger partial charge in [-0.1, -0.05) is 6.92 Å². The van der Waals surface area contributed by atoms with Crippen LogP contribution in [0.1, 0.15) is 13.3 Å². The molecule has 7 heteroatoms. The Morgan fingerprint density at radius 1 is 1.21 bits per heavy atom. The van der Waals surface area contributed by atoms with Gasteiger partial charge in [0.05, 0.1) is 5.69 Å². The molecule has 0 aliphatic carbocycles. The Hall–Kier alpha value is -2.05. The topological polar surface area (TPSA) is 46.6 Å². The van der Waals surface area contributed by atoms with E-state index in [2.05, 4.69) is 4.74 Å². The number of hydrogen-bond acceptors (Lipinski definition) is 3. The van der Waals surface area contributed by atoms with Crippen molar-refractivity contribution in [3.63, 3.8) is 0 Å². The van der Waals surface area contributed by atoms with Crippen molar-refractivity contribution < 1.29 is 27.5 Å².